The second kappa shape index (κ2) is 17.8. The normalized spacial score (nSPS) is 10.6. The van der Waals surface area contributed by atoms with Gasteiger partial charge in [-0.15, -0.1) is 0 Å². The van der Waals surface area contributed by atoms with Crippen LogP contribution in [0.15, 0.2) is 37.4 Å². The zero-order chi connectivity index (χ0) is 19.2. The first kappa shape index (κ1) is 27.9. The predicted molar refractivity (Wildman–Crippen MR) is 105 cm³/mol. The number of aromatic nitrogens is 4. The lowest BCUT2D eigenvalue weighted by atomic mass is 10.2. The largest absolute Gasteiger partial charge is 1.00 e. The molecule has 0 saturated heterocycles. The minimum atomic E-state index is 0. The number of imidazole rings is 2. The summed E-state index contributed by atoms with van der Waals surface area (Å²) in [6.45, 7) is 9.30. The van der Waals surface area contributed by atoms with Gasteiger partial charge in [-0.1, -0.05) is 26.7 Å². The van der Waals surface area contributed by atoms with E-state index in [2.05, 4.69) is 69.6 Å². The molecule has 2 heterocycles. The fourth-order valence-corrected chi connectivity index (χ4v) is 2.99. The highest BCUT2D eigenvalue weighted by atomic mass is 35.5. The second-order valence-electron chi connectivity index (χ2n) is 7.17. The molecule has 0 fully saturated rings. The van der Waals surface area contributed by atoms with Crippen molar-refractivity contribution in [3.8, 4) is 0 Å². The molecule has 0 unspecified atom stereocenters. The molecule has 0 radical (unpaired) electrons. The predicted octanol–water partition coefficient (Wildman–Crippen LogP) is -2.71. The molecule has 2 aromatic heterocycles. The van der Waals surface area contributed by atoms with Crippen LogP contribution in [0.1, 0.15) is 58.8 Å². The molecule has 0 atom stereocenters. The number of unbranched alkanes of at least 4 members (excludes halogenated alkanes) is 4. The van der Waals surface area contributed by atoms with Gasteiger partial charge in [0.2, 0.25) is 12.7 Å². The molecule has 168 valence electrons. The molecule has 0 aliphatic rings. The summed E-state index contributed by atoms with van der Waals surface area (Å²) in [6, 6.07) is 0. The molecular weight excluding hydrogens is 411 g/mol. The number of nitrogens with zero attached hydrogens (tertiary/aromatic N) is 4. The van der Waals surface area contributed by atoms with E-state index in [1.54, 1.807) is 0 Å². The molecule has 0 aliphatic carbocycles. The highest BCUT2D eigenvalue weighted by Crippen LogP contribution is 1.98. The first-order chi connectivity index (χ1) is 13.3. The van der Waals surface area contributed by atoms with Crippen LogP contribution >= 0.6 is 0 Å². The van der Waals surface area contributed by atoms with Gasteiger partial charge >= 0.3 is 0 Å². The molecule has 29 heavy (non-hydrogen) atoms. The van der Waals surface area contributed by atoms with Crippen LogP contribution in [0.3, 0.4) is 0 Å². The van der Waals surface area contributed by atoms with Crippen molar-refractivity contribution in [1.29, 1.82) is 0 Å². The smallest absolute Gasteiger partial charge is 0.245 e. The van der Waals surface area contributed by atoms with Gasteiger partial charge in [0.05, 0.1) is 26.3 Å². The van der Waals surface area contributed by atoms with E-state index in [1.807, 2.05) is 0 Å². The molecule has 2 aromatic rings. The number of aryl methyl sites for hydroxylation is 2. The van der Waals surface area contributed by atoms with Crippen molar-refractivity contribution >= 4 is 0 Å². The molecule has 6 nitrogen and oxygen atoms in total. The summed E-state index contributed by atoms with van der Waals surface area (Å²) in [6.07, 6.45) is 21.1. The van der Waals surface area contributed by atoms with Crippen LogP contribution < -0.4 is 33.9 Å². The lowest BCUT2D eigenvalue weighted by Crippen LogP contribution is -3.00. The maximum absolute atomic E-state index is 5.73. The number of rotatable bonds is 16. The van der Waals surface area contributed by atoms with Crippen LogP contribution in [0.4, 0.5) is 0 Å². The fraction of sp³-hybridized carbons (Fsp3) is 0.714. The maximum atomic E-state index is 5.73. The summed E-state index contributed by atoms with van der Waals surface area (Å²) in [5, 5.41) is 0. The molecule has 0 saturated carbocycles. The molecule has 0 bridgehead atoms. The van der Waals surface area contributed by atoms with Gasteiger partial charge in [-0.2, -0.15) is 0 Å². The lowest BCUT2D eigenvalue weighted by Gasteiger charge is -2.03. The van der Waals surface area contributed by atoms with E-state index in [0.717, 1.165) is 32.7 Å². The van der Waals surface area contributed by atoms with Crippen LogP contribution in [-0.2, 0) is 36.0 Å². The summed E-state index contributed by atoms with van der Waals surface area (Å²) >= 11 is 0. The molecule has 0 spiro atoms. The third kappa shape index (κ3) is 12.3. The zero-order valence-corrected chi connectivity index (χ0v) is 19.5. The Morgan fingerprint density at radius 3 is 1.52 bits per heavy atom. The number of hydrogen-bond donors (Lipinski definition) is 0. The molecular formula is C21H38Cl2N4O2. The van der Waals surface area contributed by atoms with Crippen LogP contribution in [0.2, 0.25) is 0 Å². The molecule has 0 aromatic carbocycles. The Hall–Kier alpha value is -1.08. The highest BCUT2D eigenvalue weighted by Gasteiger charge is 2.04. The van der Waals surface area contributed by atoms with Gasteiger partial charge in [-0.05, 0) is 32.1 Å². The van der Waals surface area contributed by atoms with Gasteiger partial charge in [0, 0.05) is 0 Å². The third-order valence-corrected chi connectivity index (χ3v) is 4.59. The Bertz CT molecular complexity index is 567. The van der Waals surface area contributed by atoms with Crippen molar-refractivity contribution in [3.63, 3.8) is 0 Å². The van der Waals surface area contributed by atoms with Crippen molar-refractivity contribution in [2.75, 3.05) is 13.2 Å². The molecule has 0 N–H and O–H groups in total. The zero-order valence-electron chi connectivity index (χ0n) is 18.0. The molecule has 0 aliphatic heterocycles. The van der Waals surface area contributed by atoms with Crippen molar-refractivity contribution in [1.82, 2.24) is 9.13 Å². The highest BCUT2D eigenvalue weighted by molar-refractivity contribution is 4.66. The quantitative estimate of drug-likeness (QED) is 0.207. The molecule has 8 heteroatoms. The van der Waals surface area contributed by atoms with Gasteiger partial charge in [-0.25, -0.2) is 18.3 Å². The van der Waals surface area contributed by atoms with Crippen LogP contribution in [0, 0.1) is 0 Å². The standard InChI is InChI=1S/C21H38N4O2.2ClH/c1-3-5-7-10-22-12-14-24(18-22)20-26-16-9-17-27-21-25-15-13-23(19-25)11-8-6-4-2;;/h12-15,18-19H,3-11,16-17,20-21H2,1-2H3;2*1H/q+2;;/p-2. The fourth-order valence-electron chi connectivity index (χ4n) is 2.99. The number of hydrogen-bond acceptors (Lipinski definition) is 2. The van der Waals surface area contributed by atoms with E-state index in [4.69, 9.17) is 9.47 Å². The Morgan fingerprint density at radius 1 is 0.655 bits per heavy atom. The van der Waals surface area contributed by atoms with Gasteiger partial charge in [0.25, 0.3) is 0 Å². The number of ether oxygens (including phenoxy) is 2. The van der Waals surface area contributed by atoms with E-state index in [-0.39, 0.29) is 24.8 Å². The topological polar surface area (TPSA) is 36.1 Å². The minimum absolute atomic E-state index is 0. The van der Waals surface area contributed by atoms with Crippen molar-refractivity contribution in [3.05, 3.63) is 37.4 Å². The van der Waals surface area contributed by atoms with Gasteiger partial charge in [0.1, 0.15) is 24.8 Å². The summed E-state index contributed by atoms with van der Waals surface area (Å²) < 4.78 is 20.1. The van der Waals surface area contributed by atoms with Crippen molar-refractivity contribution in [2.45, 2.75) is 85.3 Å². The van der Waals surface area contributed by atoms with Gasteiger partial charge in [-0.3, -0.25) is 0 Å². The third-order valence-electron chi connectivity index (χ3n) is 4.59. The SMILES string of the molecule is CCCCCn1cc[n+](COCCCOC[n+]2ccn(CCCCC)c2)c1.[Cl-].[Cl-]. The Balaban J connectivity index is 0.00000392. The average Bonchev–Trinajstić information content (AvgIpc) is 3.31. The summed E-state index contributed by atoms with van der Waals surface area (Å²) in [7, 11) is 0. The molecule has 2 rings (SSSR count). The monoisotopic (exact) mass is 448 g/mol. The van der Waals surface area contributed by atoms with E-state index in [1.165, 1.54) is 38.5 Å². The Labute approximate surface area is 188 Å². The van der Waals surface area contributed by atoms with Crippen molar-refractivity contribution in [2.24, 2.45) is 0 Å². The summed E-state index contributed by atoms with van der Waals surface area (Å²) in [5.74, 6) is 0. The van der Waals surface area contributed by atoms with Crippen LogP contribution in [-0.4, -0.2) is 22.3 Å². The Kier molecular flexibility index (Phi) is 17.1. The van der Waals surface area contributed by atoms with Gasteiger partial charge in [0.15, 0.2) is 13.5 Å². The number of halogens is 2. The average molecular weight is 449 g/mol. The first-order valence-corrected chi connectivity index (χ1v) is 10.6. The van der Waals surface area contributed by atoms with Gasteiger partial charge < -0.3 is 34.3 Å². The van der Waals surface area contributed by atoms with E-state index >= 15 is 0 Å². The van der Waals surface area contributed by atoms with Crippen LogP contribution in [0.5, 0.6) is 0 Å². The lowest BCUT2D eigenvalue weighted by molar-refractivity contribution is -0.733. The molecule has 0 amide bonds. The van der Waals surface area contributed by atoms with Crippen molar-refractivity contribution < 1.29 is 43.4 Å². The van der Waals surface area contributed by atoms with E-state index in [9.17, 15) is 0 Å². The van der Waals surface area contributed by atoms with Crippen LogP contribution in [0.25, 0.3) is 0 Å². The summed E-state index contributed by atoms with van der Waals surface area (Å²) in [4.78, 5) is 0. The maximum Gasteiger partial charge on any atom is 0.245 e. The second-order valence-corrected chi connectivity index (χ2v) is 7.17. The summed E-state index contributed by atoms with van der Waals surface area (Å²) in [5.41, 5.74) is 0. The first-order valence-electron chi connectivity index (χ1n) is 10.6. The Morgan fingerprint density at radius 2 is 1.10 bits per heavy atom. The van der Waals surface area contributed by atoms with E-state index in [0.29, 0.717) is 13.5 Å². The minimum Gasteiger partial charge on any atom is -1.00 e. The van der Waals surface area contributed by atoms with E-state index < -0.39 is 0 Å².